The Balaban J connectivity index is 1.46. The van der Waals surface area contributed by atoms with Crippen molar-refractivity contribution in [3.8, 4) is 0 Å². The summed E-state index contributed by atoms with van der Waals surface area (Å²) in [5.41, 5.74) is 0. The average molecular weight is 407 g/mol. The minimum Gasteiger partial charge on any atom is -0.378 e. The Morgan fingerprint density at radius 1 is 1.14 bits per heavy atom. The molecule has 1 aromatic rings. The quantitative estimate of drug-likeness (QED) is 0.472. The molecule has 2 aliphatic rings. The summed E-state index contributed by atoms with van der Waals surface area (Å²) < 4.78 is 7.39. The van der Waals surface area contributed by atoms with E-state index in [2.05, 4.69) is 43.7 Å². The summed E-state index contributed by atoms with van der Waals surface area (Å²) in [7, 11) is 0. The van der Waals surface area contributed by atoms with Crippen molar-refractivity contribution in [1.82, 2.24) is 34.8 Å². The molecule has 2 aliphatic heterocycles. The Morgan fingerprint density at radius 2 is 1.90 bits per heavy atom. The van der Waals surface area contributed by atoms with Crippen LogP contribution in [-0.4, -0.2) is 113 Å². The van der Waals surface area contributed by atoms with Crippen molar-refractivity contribution < 1.29 is 9.53 Å². The van der Waals surface area contributed by atoms with Crippen LogP contribution in [0.5, 0.6) is 0 Å². The molecule has 0 aromatic carbocycles. The third-order valence-electron chi connectivity index (χ3n) is 5.34. The van der Waals surface area contributed by atoms with E-state index in [1.807, 2.05) is 4.90 Å². The van der Waals surface area contributed by atoms with Crippen molar-refractivity contribution in [1.29, 1.82) is 0 Å². The molecule has 0 saturated carbocycles. The molecular formula is C19H34N8O2. The Bertz CT molecular complexity index is 663. The number of rotatable bonds is 7. The van der Waals surface area contributed by atoms with Crippen LogP contribution in [0.25, 0.3) is 0 Å². The molecule has 29 heavy (non-hydrogen) atoms. The van der Waals surface area contributed by atoms with Crippen LogP contribution in [0.2, 0.25) is 0 Å². The highest BCUT2D eigenvalue weighted by Gasteiger charge is 2.24. The summed E-state index contributed by atoms with van der Waals surface area (Å²) >= 11 is 0. The van der Waals surface area contributed by atoms with Crippen LogP contribution < -0.4 is 5.32 Å². The van der Waals surface area contributed by atoms with Crippen molar-refractivity contribution >= 4 is 11.9 Å². The van der Waals surface area contributed by atoms with Gasteiger partial charge in [0.15, 0.2) is 5.96 Å². The Labute approximate surface area is 172 Å². The van der Waals surface area contributed by atoms with E-state index < -0.39 is 0 Å². The van der Waals surface area contributed by atoms with Crippen LogP contribution in [-0.2, 0) is 22.5 Å². The largest absolute Gasteiger partial charge is 0.378 e. The van der Waals surface area contributed by atoms with E-state index in [-0.39, 0.29) is 5.91 Å². The van der Waals surface area contributed by atoms with Gasteiger partial charge in [0.1, 0.15) is 12.2 Å². The van der Waals surface area contributed by atoms with Gasteiger partial charge in [0.2, 0.25) is 5.91 Å². The Morgan fingerprint density at radius 3 is 2.59 bits per heavy atom. The number of ether oxygens (including phenoxy) is 1. The molecule has 0 bridgehead atoms. The predicted molar refractivity (Wildman–Crippen MR) is 111 cm³/mol. The number of amides is 1. The van der Waals surface area contributed by atoms with E-state index in [0.717, 1.165) is 57.5 Å². The fraction of sp³-hybridized carbons (Fsp3) is 0.789. The molecule has 1 amide bonds. The monoisotopic (exact) mass is 406 g/mol. The second-order valence-corrected chi connectivity index (χ2v) is 7.29. The lowest BCUT2D eigenvalue weighted by atomic mass is 10.3. The molecule has 162 valence electrons. The number of morpholine rings is 1. The van der Waals surface area contributed by atoms with Gasteiger partial charge in [-0.2, -0.15) is 0 Å². The first-order valence-corrected chi connectivity index (χ1v) is 10.7. The Kier molecular flexibility index (Phi) is 8.24. The van der Waals surface area contributed by atoms with E-state index in [1.54, 1.807) is 6.33 Å². The van der Waals surface area contributed by atoms with Crippen LogP contribution in [0.3, 0.4) is 0 Å². The van der Waals surface area contributed by atoms with Crippen molar-refractivity contribution in [2.24, 2.45) is 4.99 Å². The summed E-state index contributed by atoms with van der Waals surface area (Å²) in [6.45, 7) is 13.2. The number of nitrogens with one attached hydrogen (secondary N) is 1. The van der Waals surface area contributed by atoms with Crippen molar-refractivity contribution in [2.45, 2.75) is 26.8 Å². The van der Waals surface area contributed by atoms with E-state index >= 15 is 0 Å². The van der Waals surface area contributed by atoms with Gasteiger partial charge >= 0.3 is 0 Å². The number of aromatic nitrogens is 3. The second-order valence-electron chi connectivity index (χ2n) is 7.29. The van der Waals surface area contributed by atoms with Gasteiger partial charge in [0.05, 0.1) is 26.3 Å². The first-order valence-electron chi connectivity index (χ1n) is 10.7. The number of aryl methyl sites for hydroxylation is 1. The number of guanidine groups is 1. The third kappa shape index (κ3) is 6.14. The highest BCUT2D eigenvalue weighted by molar-refractivity contribution is 5.80. The number of carbonyl (C=O) groups excluding carboxylic acids is 1. The minimum atomic E-state index is 0.211. The SMILES string of the molecule is CCNC(=NCCn1cnnc1CC)N1CCN(CC(=O)N2CCOCC2)CC1. The van der Waals surface area contributed by atoms with Crippen molar-refractivity contribution in [2.75, 3.05) is 72.1 Å². The zero-order chi connectivity index (χ0) is 20.5. The topological polar surface area (TPSA) is 91.1 Å². The molecule has 10 nitrogen and oxygen atoms in total. The summed E-state index contributed by atoms with van der Waals surface area (Å²) in [5, 5.41) is 11.5. The van der Waals surface area contributed by atoms with Gasteiger partial charge in [0.25, 0.3) is 0 Å². The molecule has 2 saturated heterocycles. The van der Waals surface area contributed by atoms with Gasteiger partial charge in [0, 0.05) is 58.8 Å². The zero-order valence-electron chi connectivity index (χ0n) is 17.7. The number of hydrogen-bond donors (Lipinski definition) is 1. The van der Waals surface area contributed by atoms with Gasteiger partial charge in [-0.15, -0.1) is 10.2 Å². The zero-order valence-corrected chi connectivity index (χ0v) is 17.7. The molecule has 10 heteroatoms. The first kappa shape index (κ1) is 21.5. The van der Waals surface area contributed by atoms with E-state index in [4.69, 9.17) is 9.73 Å². The van der Waals surface area contributed by atoms with Crippen molar-refractivity contribution in [3.05, 3.63) is 12.2 Å². The molecule has 0 spiro atoms. The summed E-state index contributed by atoms with van der Waals surface area (Å²) in [6, 6.07) is 0. The fourth-order valence-electron chi connectivity index (χ4n) is 3.65. The number of hydrogen-bond acceptors (Lipinski definition) is 6. The molecule has 0 aliphatic carbocycles. The number of aliphatic imine (C=N–C) groups is 1. The van der Waals surface area contributed by atoms with Crippen LogP contribution in [0, 0.1) is 0 Å². The molecule has 1 N–H and O–H groups in total. The smallest absolute Gasteiger partial charge is 0.236 e. The molecule has 0 radical (unpaired) electrons. The maximum atomic E-state index is 12.5. The molecule has 2 fully saturated rings. The predicted octanol–water partition coefficient (Wildman–Crippen LogP) is -0.718. The summed E-state index contributed by atoms with van der Waals surface area (Å²) in [5.74, 6) is 2.14. The highest BCUT2D eigenvalue weighted by Crippen LogP contribution is 2.05. The number of nitrogens with zero attached hydrogens (tertiary/aromatic N) is 7. The van der Waals surface area contributed by atoms with Gasteiger partial charge in [-0.05, 0) is 6.92 Å². The standard InChI is InChI=1S/C19H34N8O2/c1-3-17-23-22-16-27(17)6-5-21-19(20-4-2)26-9-7-24(8-10-26)15-18(28)25-11-13-29-14-12-25/h16H,3-15H2,1-2H3,(H,20,21). The molecule has 0 atom stereocenters. The molecule has 1 aromatic heterocycles. The minimum absolute atomic E-state index is 0.211. The van der Waals surface area contributed by atoms with E-state index in [1.165, 1.54) is 0 Å². The lowest BCUT2D eigenvalue weighted by Gasteiger charge is -2.37. The second kappa shape index (κ2) is 11.1. The summed E-state index contributed by atoms with van der Waals surface area (Å²) in [6.07, 6.45) is 2.64. The van der Waals surface area contributed by atoms with E-state index in [0.29, 0.717) is 39.4 Å². The van der Waals surface area contributed by atoms with Crippen LogP contribution in [0.1, 0.15) is 19.7 Å². The molecule has 3 heterocycles. The summed E-state index contributed by atoms with van der Waals surface area (Å²) in [4.78, 5) is 23.7. The average Bonchev–Trinajstić information content (AvgIpc) is 3.22. The maximum absolute atomic E-state index is 12.5. The van der Waals surface area contributed by atoms with Crippen LogP contribution >= 0.6 is 0 Å². The number of carbonyl (C=O) groups is 1. The van der Waals surface area contributed by atoms with Gasteiger partial charge < -0.3 is 24.4 Å². The van der Waals surface area contributed by atoms with Crippen molar-refractivity contribution in [3.63, 3.8) is 0 Å². The lowest BCUT2D eigenvalue weighted by molar-refractivity contribution is -0.136. The lowest BCUT2D eigenvalue weighted by Crippen LogP contribution is -2.55. The maximum Gasteiger partial charge on any atom is 0.236 e. The van der Waals surface area contributed by atoms with Gasteiger partial charge in [-0.3, -0.25) is 14.7 Å². The van der Waals surface area contributed by atoms with E-state index in [9.17, 15) is 4.79 Å². The fourth-order valence-corrected chi connectivity index (χ4v) is 3.65. The normalized spacial score (nSPS) is 18.9. The van der Waals surface area contributed by atoms with Crippen LogP contribution in [0.4, 0.5) is 0 Å². The van der Waals surface area contributed by atoms with Crippen LogP contribution in [0.15, 0.2) is 11.3 Å². The van der Waals surface area contributed by atoms with Gasteiger partial charge in [-0.1, -0.05) is 6.92 Å². The first-order chi connectivity index (χ1) is 14.2. The number of piperazine rings is 1. The highest BCUT2D eigenvalue weighted by atomic mass is 16.5. The Hall–Kier alpha value is -2.20. The van der Waals surface area contributed by atoms with Gasteiger partial charge in [-0.25, -0.2) is 0 Å². The molecular weight excluding hydrogens is 372 g/mol. The molecule has 0 unspecified atom stereocenters. The third-order valence-corrected chi connectivity index (χ3v) is 5.34. The molecule has 3 rings (SSSR count).